The minimum absolute atomic E-state index is 0.0259. The van der Waals surface area contributed by atoms with E-state index in [0.29, 0.717) is 21.8 Å². The third-order valence-corrected chi connectivity index (χ3v) is 4.60. The molecule has 0 saturated heterocycles. The summed E-state index contributed by atoms with van der Waals surface area (Å²) in [5.74, 6) is 0. The molecule has 0 radical (unpaired) electrons. The lowest BCUT2D eigenvalue weighted by Crippen LogP contribution is -2.11. The number of nitro benzene ring substituents is 1. The quantitative estimate of drug-likeness (QED) is 0.483. The average molecular weight is 328 g/mol. The summed E-state index contributed by atoms with van der Waals surface area (Å²) in [6.07, 6.45) is 1.55. The Bertz CT molecular complexity index is 831. The molecule has 1 heterocycles. The first-order valence-corrected chi connectivity index (χ1v) is 7.66. The van der Waals surface area contributed by atoms with Crippen LogP contribution in [-0.4, -0.2) is 25.2 Å². The lowest BCUT2D eigenvalue weighted by molar-refractivity contribution is -0.384. The lowest BCUT2D eigenvalue weighted by Gasteiger charge is -2.12. The summed E-state index contributed by atoms with van der Waals surface area (Å²) in [4.78, 5) is 17.9. The topological polar surface area (TPSA) is 82.5 Å². The van der Waals surface area contributed by atoms with Crippen molar-refractivity contribution in [1.82, 2.24) is 0 Å². The van der Waals surface area contributed by atoms with Gasteiger partial charge in [-0.15, -0.1) is 11.3 Å². The fourth-order valence-corrected chi connectivity index (χ4v) is 3.06. The molecule has 0 bridgehead atoms. The minimum Gasteiger partial charge on any atom is -0.372 e. The highest BCUT2D eigenvalue weighted by molar-refractivity contribution is 7.16. The van der Waals surface area contributed by atoms with Gasteiger partial charge in [-0.1, -0.05) is 6.07 Å². The van der Waals surface area contributed by atoms with Crippen molar-refractivity contribution in [3.05, 3.63) is 49.9 Å². The van der Waals surface area contributed by atoms with Gasteiger partial charge in [0.15, 0.2) is 0 Å². The third-order valence-electron chi connectivity index (χ3n) is 3.49. The zero-order valence-electron chi connectivity index (χ0n) is 13.3. The summed E-state index contributed by atoms with van der Waals surface area (Å²) in [6, 6.07) is 7.10. The number of nitrogens with zero attached hydrogens (tertiary/aromatic N) is 4. The Morgan fingerprint density at radius 1 is 1.39 bits per heavy atom. The molecule has 1 aromatic heterocycles. The fraction of sp³-hybridized carbons (Fsp3) is 0.250. The summed E-state index contributed by atoms with van der Waals surface area (Å²) >= 11 is 1.44. The predicted octanol–water partition coefficient (Wildman–Crippen LogP) is 3.96. The summed E-state index contributed by atoms with van der Waals surface area (Å²) in [7, 11) is 3.51. The van der Waals surface area contributed by atoms with E-state index >= 15 is 0 Å². The number of benzene rings is 1. The van der Waals surface area contributed by atoms with Gasteiger partial charge < -0.3 is 4.90 Å². The molecule has 0 saturated carbocycles. The van der Waals surface area contributed by atoms with Crippen LogP contribution in [0.25, 0.3) is 0 Å². The Morgan fingerprint density at radius 3 is 2.65 bits per heavy atom. The molecule has 0 aliphatic heterocycles. The second kappa shape index (κ2) is 6.58. The number of hydrogen-bond acceptors (Lipinski definition) is 6. The van der Waals surface area contributed by atoms with E-state index < -0.39 is 4.92 Å². The Morgan fingerprint density at radius 2 is 2.09 bits per heavy atom. The highest BCUT2D eigenvalue weighted by Gasteiger charge is 2.16. The van der Waals surface area contributed by atoms with Crippen molar-refractivity contribution < 1.29 is 4.92 Å². The third kappa shape index (κ3) is 3.38. The van der Waals surface area contributed by atoms with Gasteiger partial charge in [-0.25, -0.2) is 4.99 Å². The van der Waals surface area contributed by atoms with Crippen LogP contribution in [0.2, 0.25) is 0 Å². The van der Waals surface area contributed by atoms with Gasteiger partial charge in [0.05, 0.1) is 10.5 Å². The number of rotatable bonds is 4. The van der Waals surface area contributed by atoms with Crippen LogP contribution in [0, 0.1) is 35.3 Å². The van der Waals surface area contributed by atoms with Crippen LogP contribution in [0.5, 0.6) is 0 Å². The van der Waals surface area contributed by atoms with E-state index in [-0.39, 0.29) is 5.69 Å². The van der Waals surface area contributed by atoms with Crippen LogP contribution in [0.3, 0.4) is 0 Å². The highest BCUT2D eigenvalue weighted by atomic mass is 32.1. The van der Waals surface area contributed by atoms with E-state index in [2.05, 4.69) is 11.1 Å². The highest BCUT2D eigenvalue weighted by Crippen LogP contribution is 2.34. The zero-order chi connectivity index (χ0) is 17.1. The van der Waals surface area contributed by atoms with Gasteiger partial charge in [0, 0.05) is 31.3 Å². The number of nitro groups is 1. The van der Waals surface area contributed by atoms with Crippen LogP contribution >= 0.6 is 11.3 Å². The molecule has 0 unspecified atom stereocenters. The van der Waals surface area contributed by atoms with Crippen molar-refractivity contribution in [3.8, 4) is 6.07 Å². The Hall–Kier alpha value is -2.72. The Labute approximate surface area is 138 Å². The molecule has 118 valence electrons. The van der Waals surface area contributed by atoms with Gasteiger partial charge in [0.2, 0.25) is 0 Å². The molecule has 0 atom stereocenters. The Kier molecular flexibility index (Phi) is 4.77. The van der Waals surface area contributed by atoms with Crippen molar-refractivity contribution in [3.63, 3.8) is 0 Å². The number of thiophene rings is 1. The largest absolute Gasteiger partial charge is 0.372 e. The average Bonchev–Trinajstić information content (AvgIpc) is 2.78. The summed E-state index contributed by atoms with van der Waals surface area (Å²) in [5, 5.41) is 21.0. The number of aryl methyl sites for hydroxylation is 1. The van der Waals surface area contributed by atoms with E-state index in [1.165, 1.54) is 17.4 Å². The minimum atomic E-state index is -0.410. The van der Waals surface area contributed by atoms with E-state index in [1.807, 2.05) is 13.8 Å². The van der Waals surface area contributed by atoms with Crippen LogP contribution in [0.4, 0.5) is 16.4 Å². The maximum Gasteiger partial charge on any atom is 0.293 e. The normalized spacial score (nSPS) is 10.7. The van der Waals surface area contributed by atoms with Gasteiger partial charge >= 0.3 is 0 Å². The summed E-state index contributed by atoms with van der Waals surface area (Å²) in [6.45, 7) is 3.83. The van der Waals surface area contributed by atoms with Crippen molar-refractivity contribution in [2.75, 3.05) is 19.0 Å². The van der Waals surface area contributed by atoms with Gasteiger partial charge in [-0.05, 0) is 31.0 Å². The van der Waals surface area contributed by atoms with Gasteiger partial charge in [-0.3, -0.25) is 10.1 Å². The molecule has 2 aromatic rings. The Balaban J connectivity index is 2.41. The van der Waals surface area contributed by atoms with E-state index in [4.69, 9.17) is 0 Å². The predicted molar refractivity (Wildman–Crippen MR) is 93.2 cm³/mol. The molecule has 0 amide bonds. The first kappa shape index (κ1) is 16.6. The molecule has 0 fully saturated rings. The zero-order valence-corrected chi connectivity index (χ0v) is 14.1. The molecule has 6 nitrogen and oxygen atoms in total. The van der Waals surface area contributed by atoms with Crippen molar-refractivity contribution >= 4 is 33.9 Å². The first-order chi connectivity index (χ1) is 10.8. The molecule has 0 spiro atoms. The van der Waals surface area contributed by atoms with Crippen molar-refractivity contribution in [1.29, 1.82) is 5.26 Å². The number of hydrogen-bond donors (Lipinski definition) is 0. The molecule has 23 heavy (non-hydrogen) atoms. The van der Waals surface area contributed by atoms with Gasteiger partial charge in [0.25, 0.3) is 5.69 Å². The first-order valence-electron chi connectivity index (χ1n) is 6.85. The summed E-state index contributed by atoms with van der Waals surface area (Å²) < 4.78 is 0. The van der Waals surface area contributed by atoms with Crippen LogP contribution in [0.1, 0.15) is 21.6 Å². The lowest BCUT2D eigenvalue weighted by atomic mass is 10.1. The fourth-order valence-electron chi connectivity index (χ4n) is 2.11. The van der Waals surface area contributed by atoms with Crippen molar-refractivity contribution in [2.45, 2.75) is 13.8 Å². The molecule has 7 heteroatoms. The van der Waals surface area contributed by atoms with E-state index in [9.17, 15) is 15.4 Å². The number of aliphatic imine (C=N–C) groups is 1. The molecular weight excluding hydrogens is 312 g/mol. The maximum absolute atomic E-state index is 11.2. The molecule has 0 N–H and O–H groups in total. The summed E-state index contributed by atoms with van der Waals surface area (Å²) in [5.41, 5.74) is 2.67. The molecule has 2 rings (SSSR count). The monoisotopic (exact) mass is 328 g/mol. The van der Waals surface area contributed by atoms with Crippen molar-refractivity contribution in [2.24, 2.45) is 4.99 Å². The van der Waals surface area contributed by atoms with Gasteiger partial charge in [0.1, 0.15) is 16.8 Å². The second-order valence-corrected chi connectivity index (χ2v) is 6.44. The second-order valence-electron chi connectivity index (χ2n) is 5.23. The van der Waals surface area contributed by atoms with E-state index in [0.717, 1.165) is 10.4 Å². The molecule has 0 aliphatic carbocycles. The van der Waals surface area contributed by atoms with Gasteiger partial charge in [-0.2, -0.15) is 5.26 Å². The molecule has 1 aromatic carbocycles. The SMILES string of the molecule is Cc1sc(/N=C/c2ccc(N(C)C)c([N+](=O)[O-])c2)c(C#N)c1C. The number of nitriles is 1. The van der Waals surface area contributed by atoms with Crippen LogP contribution in [0.15, 0.2) is 23.2 Å². The van der Waals surface area contributed by atoms with Crippen LogP contribution < -0.4 is 4.90 Å². The van der Waals surface area contributed by atoms with Crippen LogP contribution in [-0.2, 0) is 0 Å². The maximum atomic E-state index is 11.2. The standard InChI is InChI=1S/C16H16N4O2S/c1-10-11(2)23-16(13(10)8-17)18-9-12-5-6-14(19(3)4)15(7-12)20(21)22/h5-7,9H,1-4H3/b18-9+. The number of anilines is 1. The molecule has 0 aliphatic rings. The van der Waals surface area contributed by atoms with E-state index in [1.54, 1.807) is 37.3 Å². The molecular formula is C16H16N4O2S. The smallest absolute Gasteiger partial charge is 0.293 e.